The van der Waals surface area contributed by atoms with Gasteiger partial charge in [-0.05, 0) is 37.1 Å². The number of benzene rings is 1. The van der Waals surface area contributed by atoms with Crippen molar-refractivity contribution in [1.82, 2.24) is 25.4 Å². The Morgan fingerprint density at radius 3 is 2.77 bits per heavy atom. The van der Waals surface area contributed by atoms with Crippen molar-refractivity contribution in [2.45, 2.75) is 50.5 Å². The smallest absolute Gasteiger partial charge is 0.239 e. The molecule has 7 nitrogen and oxygen atoms in total. The van der Waals surface area contributed by atoms with Crippen LogP contribution in [0.15, 0.2) is 54.9 Å². The standard InChI is InChI=1S/C24H31N5O2/c1-28-20(9-10-22(30)26-15-19-8-5-12-25-14-19)16-27-24(31)23-21(28)11-13-29(23)17-18-6-3-2-4-7-18/h2-8,12,14,20-21,23H,9-11,13,15-17H2,1H3,(H,26,30)(H,27,31)/t20-,21-,23-/m0/s1. The molecule has 1 aromatic heterocycles. The molecule has 31 heavy (non-hydrogen) atoms. The third-order valence-corrected chi connectivity index (χ3v) is 6.50. The number of likely N-dealkylation sites (tertiary alicyclic amines) is 1. The van der Waals surface area contributed by atoms with E-state index in [0.717, 1.165) is 31.5 Å². The molecule has 164 valence electrons. The van der Waals surface area contributed by atoms with Gasteiger partial charge in [0.15, 0.2) is 0 Å². The summed E-state index contributed by atoms with van der Waals surface area (Å²) in [6, 6.07) is 14.3. The van der Waals surface area contributed by atoms with Crippen LogP contribution in [0, 0.1) is 0 Å². The van der Waals surface area contributed by atoms with Crippen molar-refractivity contribution in [1.29, 1.82) is 0 Å². The highest BCUT2D eigenvalue weighted by Gasteiger charge is 2.44. The molecule has 0 spiro atoms. The van der Waals surface area contributed by atoms with Gasteiger partial charge < -0.3 is 10.6 Å². The first kappa shape index (κ1) is 21.5. The molecular weight excluding hydrogens is 390 g/mol. The second-order valence-corrected chi connectivity index (χ2v) is 8.50. The second-order valence-electron chi connectivity index (χ2n) is 8.50. The average molecular weight is 422 g/mol. The third kappa shape index (κ3) is 5.29. The van der Waals surface area contributed by atoms with Gasteiger partial charge >= 0.3 is 0 Å². The molecule has 2 aromatic rings. The molecule has 0 bridgehead atoms. The van der Waals surface area contributed by atoms with Gasteiger partial charge in [0.1, 0.15) is 6.04 Å². The van der Waals surface area contributed by atoms with Crippen LogP contribution in [0.3, 0.4) is 0 Å². The van der Waals surface area contributed by atoms with Gasteiger partial charge in [-0.1, -0.05) is 36.4 Å². The maximum absolute atomic E-state index is 12.9. The number of nitrogens with zero attached hydrogens (tertiary/aromatic N) is 3. The molecule has 3 atom stereocenters. The highest BCUT2D eigenvalue weighted by molar-refractivity contribution is 5.83. The molecule has 0 unspecified atom stereocenters. The van der Waals surface area contributed by atoms with Crippen molar-refractivity contribution in [2.75, 3.05) is 20.1 Å². The normalized spacial score (nSPS) is 24.3. The number of hydrogen-bond acceptors (Lipinski definition) is 5. The second kappa shape index (κ2) is 10.0. The van der Waals surface area contributed by atoms with Crippen molar-refractivity contribution in [2.24, 2.45) is 0 Å². The van der Waals surface area contributed by atoms with Crippen LogP contribution in [0.5, 0.6) is 0 Å². The minimum Gasteiger partial charge on any atom is -0.353 e. The molecule has 2 saturated heterocycles. The number of fused-ring (bicyclic) bond motifs is 1. The number of amides is 2. The largest absolute Gasteiger partial charge is 0.353 e. The van der Waals surface area contributed by atoms with Crippen molar-refractivity contribution in [3.8, 4) is 0 Å². The average Bonchev–Trinajstić information content (AvgIpc) is 3.17. The van der Waals surface area contributed by atoms with Crippen molar-refractivity contribution >= 4 is 11.8 Å². The molecular formula is C24H31N5O2. The predicted octanol–water partition coefficient (Wildman–Crippen LogP) is 1.55. The highest BCUT2D eigenvalue weighted by Crippen LogP contribution is 2.28. The van der Waals surface area contributed by atoms with Crippen LogP contribution >= 0.6 is 0 Å². The Kier molecular flexibility index (Phi) is 6.94. The molecule has 2 aliphatic heterocycles. The summed E-state index contributed by atoms with van der Waals surface area (Å²) in [5, 5.41) is 6.10. The fourth-order valence-corrected chi connectivity index (χ4v) is 4.73. The van der Waals surface area contributed by atoms with Crippen molar-refractivity contribution in [3.05, 3.63) is 66.0 Å². The van der Waals surface area contributed by atoms with Crippen LogP contribution < -0.4 is 10.6 Å². The van der Waals surface area contributed by atoms with E-state index in [9.17, 15) is 9.59 Å². The van der Waals surface area contributed by atoms with Gasteiger partial charge in [0, 0.05) is 57.1 Å². The lowest BCUT2D eigenvalue weighted by molar-refractivity contribution is -0.126. The van der Waals surface area contributed by atoms with Gasteiger partial charge in [-0.15, -0.1) is 0 Å². The van der Waals surface area contributed by atoms with Gasteiger partial charge in [-0.3, -0.25) is 24.4 Å². The van der Waals surface area contributed by atoms with Crippen molar-refractivity contribution in [3.63, 3.8) is 0 Å². The summed E-state index contributed by atoms with van der Waals surface area (Å²) in [4.78, 5) is 34.0. The topological polar surface area (TPSA) is 77.6 Å². The number of pyridine rings is 1. The Labute approximate surface area is 183 Å². The number of hydrogen-bond donors (Lipinski definition) is 2. The first-order valence-corrected chi connectivity index (χ1v) is 11.0. The lowest BCUT2D eigenvalue weighted by atomic mass is 10.0. The summed E-state index contributed by atoms with van der Waals surface area (Å²) < 4.78 is 0. The molecule has 2 aliphatic rings. The van der Waals surface area contributed by atoms with E-state index in [4.69, 9.17) is 0 Å². The van der Waals surface area contributed by atoms with Gasteiger partial charge in [0.05, 0.1) is 0 Å². The van der Waals surface area contributed by atoms with Gasteiger partial charge in [-0.25, -0.2) is 0 Å². The highest BCUT2D eigenvalue weighted by atomic mass is 16.2. The maximum atomic E-state index is 12.9. The minimum absolute atomic E-state index is 0.0292. The van der Waals surface area contributed by atoms with E-state index in [1.807, 2.05) is 30.3 Å². The van der Waals surface area contributed by atoms with E-state index in [-0.39, 0.29) is 29.9 Å². The summed E-state index contributed by atoms with van der Waals surface area (Å²) in [5.74, 6) is 0.135. The van der Waals surface area contributed by atoms with Crippen LogP contribution in [0.2, 0.25) is 0 Å². The number of rotatable bonds is 7. The van der Waals surface area contributed by atoms with E-state index in [0.29, 0.717) is 19.5 Å². The summed E-state index contributed by atoms with van der Waals surface area (Å²) in [7, 11) is 2.10. The summed E-state index contributed by atoms with van der Waals surface area (Å²) in [5.41, 5.74) is 2.21. The lowest BCUT2D eigenvalue weighted by Gasteiger charge is -2.33. The van der Waals surface area contributed by atoms with Crippen LogP contribution in [-0.2, 0) is 22.7 Å². The zero-order valence-electron chi connectivity index (χ0n) is 18.0. The molecule has 2 N–H and O–H groups in total. The van der Waals surface area contributed by atoms with Crippen LogP contribution in [0.25, 0.3) is 0 Å². The van der Waals surface area contributed by atoms with Gasteiger partial charge in [-0.2, -0.15) is 0 Å². The van der Waals surface area contributed by atoms with Crippen LogP contribution in [0.4, 0.5) is 0 Å². The number of aromatic nitrogens is 1. The SMILES string of the molecule is CN1[C@@H](CCC(=O)NCc2cccnc2)CNC(=O)[C@@H]2[C@@H]1CCN2Cc1ccccc1. The zero-order chi connectivity index (χ0) is 21.6. The monoisotopic (exact) mass is 421 g/mol. The maximum Gasteiger partial charge on any atom is 0.239 e. The molecule has 7 heteroatoms. The first-order valence-electron chi connectivity index (χ1n) is 11.0. The van der Waals surface area contributed by atoms with E-state index in [2.05, 4.69) is 44.6 Å². The molecule has 0 radical (unpaired) electrons. The molecule has 2 amide bonds. The lowest BCUT2D eigenvalue weighted by Crippen LogP contribution is -2.49. The summed E-state index contributed by atoms with van der Waals surface area (Å²) >= 11 is 0. The molecule has 3 heterocycles. The van der Waals surface area contributed by atoms with E-state index in [1.165, 1.54) is 5.56 Å². The third-order valence-electron chi connectivity index (χ3n) is 6.50. The van der Waals surface area contributed by atoms with E-state index >= 15 is 0 Å². The summed E-state index contributed by atoms with van der Waals surface area (Å²) in [6.07, 6.45) is 5.61. The van der Waals surface area contributed by atoms with Gasteiger partial charge in [0.2, 0.25) is 11.8 Å². The van der Waals surface area contributed by atoms with Crippen LogP contribution in [-0.4, -0.2) is 64.9 Å². The zero-order valence-corrected chi connectivity index (χ0v) is 18.0. The molecule has 2 fully saturated rings. The first-order chi connectivity index (χ1) is 15.1. The summed E-state index contributed by atoms with van der Waals surface area (Å²) in [6.45, 7) is 2.76. The fraction of sp³-hybridized carbons (Fsp3) is 0.458. The Bertz CT molecular complexity index is 876. The quantitative estimate of drug-likeness (QED) is 0.709. The predicted molar refractivity (Wildman–Crippen MR) is 119 cm³/mol. The number of carbonyl (C=O) groups is 2. The molecule has 0 aliphatic carbocycles. The molecule has 1 aromatic carbocycles. The Hall–Kier alpha value is -2.77. The fourth-order valence-electron chi connectivity index (χ4n) is 4.73. The molecule has 4 rings (SSSR count). The van der Waals surface area contributed by atoms with Crippen molar-refractivity contribution < 1.29 is 9.59 Å². The minimum atomic E-state index is -0.144. The van der Waals surface area contributed by atoms with Gasteiger partial charge in [0.25, 0.3) is 0 Å². The number of nitrogens with one attached hydrogen (secondary N) is 2. The Balaban J connectivity index is 1.32. The molecule has 0 saturated carbocycles. The van der Waals surface area contributed by atoms with E-state index < -0.39 is 0 Å². The Morgan fingerprint density at radius 1 is 1.19 bits per heavy atom. The van der Waals surface area contributed by atoms with E-state index in [1.54, 1.807) is 12.4 Å². The number of carbonyl (C=O) groups excluding carboxylic acids is 2. The number of likely N-dealkylation sites (N-methyl/N-ethyl adjacent to an activating group) is 1. The Morgan fingerprint density at radius 2 is 2.00 bits per heavy atom. The van der Waals surface area contributed by atoms with Crippen LogP contribution in [0.1, 0.15) is 30.4 Å².